The highest BCUT2D eigenvalue weighted by molar-refractivity contribution is 14.1. The molecule has 1 N–H and O–H groups in total. The summed E-state index contributed by atoms with van der Waals surface area (Å²) in [4.78, 5) is 21.9. The van der Waals surface area contributed by atoms with Gasteiger partial charge in [0.05, 0.1) is 11.1 Å². The number of nitrogens with zero attached hydrogens (tertiary/aromatic N) is 2. The molecule has 106 valence electrons. The van der Waals surface area contributed by atoms with Crippen LogP contribution in [0, 0.1) is 10.1 Å². The number of amides is 1. The Morgan fingerprint density at radius 1 is 1.42 bits per heavy atom. The molecule has 7 heteroatoms. The van der Waals surface area contributed by atoms with Crippen molar-refractivity contribution in [1.82, 2.24) is 9.88 Å². The van der Waals surface area contributed by atoms with Crippen molar-refractivity contribution >= 4 is 34.2 Å². The summed E-state index contributed by atoms with van der Waals surface area (Å²) < 4.78 is 2.64. The average molecular weight is 379 g/mol. The largest absolute Gasteiger partial charge is 0.351 e. The van der Waals surface area contributed by atoms with E-state index >= 15 is 0 Å². The van der Waals surface area contributed by atoms with Crippen LogP contribution >= 0.6 is 22.6 Å². The van der Waals surface area contributed by atoms with Crippen LogP contribution in [0.2, 0.25) is 0 Å². The molecule has 0 saturated heterocycles. The van der Waals surface area contributed by atoms with Crippen LogP contribution < -0.4 is 5.32 Å². The molecule has 6 nitrogen and oxygen atoms in total. The van der Waals surface area contributed by atoms with Crippen molar-refractivity contribution < 1.29 is 9.72 Å². The number of nitrogens with one attached hydrogen (secondary N) is 1. The number of aromatic nitrogens is 1. The standard InChI is InChI=1S/C12H18IN3O3/c1-15-9-10(16(18)19)8-11(15)12(17)14-7-5-3-2-4-6-13/h8-9H,2-7H2,1H3,(H,14,17). The molecule has 0 radical (unpaired) electrons. The third kappa shape index (κ3) is 5.17. The molecule has 0 aliphatic carbocycles. The van der Waals surface area contributed by atoms with Gasteiger partial charge in [-0.15, -0.1) is 0 Å². The predicted molar refractivity (Wildman–Crippen MR) is 81.8 cm³/mol. The van der Waals surface area contributed by atoms with Gasteiger partial charge in [-0.2, -0.15) is 0 Å². The number of hydrogen-bond donors (Lipinski definition) is 1. The molecule has 0 saturated carbocycles. The van der Waals surface area contributed by atoms with Crippen LogP contribution in [-0.4, -0.2) is 26.4 Å². The fourth-order valence-electron chi connectivity index (χ4n) is 1.74. The smallest absolute Gasteiger partial charge is 0.287 e. The van der Waals surface area contributed by atoms with Crippen molar-refractivity contribution in [3.63, 3.8) is 0 Å². The van der Waals surface area contributed by atoms with E-state index in [9.17, 15) is 14.9 Å². The molecule has 0 atom stereocenters. The first kappa shape index (κ1) is 15.9. The zero-order chi connectivity index (χ0) is 14.3. The molecule has 0 bridgehead atoms. The second kappa shape index (κ2) is 8.13. The van der Waals surface area contributed by atoms with Gasteiger partial charge in [0, 0.05) is 19.7 Å². The van der Waals surface area contributed by atoms with Gasteiger partial charge in [-0.05, 0) is 17.3 Å². The molecule has 0 fully saturated rings. The summed E-state index contributed by atoms with van der Waals surface area (Å²) in [6, 6.07) is 1.30. The van der Waals surface area contributed by atoms with Gasteiger partial charge in [-0.25, -0.2) is 0 Å². The Morgan fingerprint density at radius 2 is 2.11 bits per heavy atom. The fourth-order valence-corrected chi connectivity index (χ4v) is 2.28. The van der Waals surface area contributed by atoms with Crippen molar-refractivity contribution in [3.8, 4) is 0 Å². The summed E-state index contributed by atoms with van der Waals surface area (Å²) in [7, 11) is 1.63. The third-order valence-corrected chi connectivity index (χ3v) is 3.54. The van der Waals surface area contributed by atoms with E-state index in [1.54, 1.807) is 7.05 Å². The van der Waals surface area contributed by atoms with Crippen molar-refractivity contribution in [2.45, 2.75) is 25.7 Å². The minimum Gasteiger partial charge on any atom is -0.351 e. The van der Waals surface area contributed by atoms with Crippen LogP contribution in [0.5, 0.6) is 0 Å². The van der Waals surface area contributed by atoms with Crippen molar-refractivity contribution in [3.05, 3.63) is 28.1 Å². The highest BCUT2D eigenvalue weighted by Crippen LogP contribution is 2.14. The monoisotopic (exact) mass is 379 g/mol. The zero-order valence-electron chi connectivity index (χ0n) is 10.9. The van der Waals surface area contributed by atoms with Crippen LogP contribution in [0.1, 0.15) is 36.2 Å². The molecule has 1 aromatic rings. The van der Waals surface area contributed by atoms with E-state index < -0.39 is 4.92 Å². The van der Waals surface area contributed by atoms with Crippen molar-refractivity contribution in [2.75, 3.05) is 11.0 Å². The maximum Gasteiger partial charge on any atom is 0.287 e. The molecule has 0 spiro atoms. The van der Waals surface area contributed by atoms with Crippen LogP contribution in [0.4, 0.5) is 5.69 Å². The zero-order valence-corrected chi connectivity index (χ0v) is 13.1. The average Bonchev–Trinajstić information content (AvgIpc) is 2.76. The normalized spacial score (nSPS) is 10.4. The number of carbonyl (C=O) groups excluding carboxylic acids is 1. The quantitative estimate of drug-likeness (QED) is 0.248. The second-order valence-corrected chi connectivity index (χ2v) is 5.39. The number of alkyl halides is 1. The molecule has 0 aliphatic rings. The summed E-state index contributed by atoms with van der Waals surface area (Å²) in [5, 5.41) is 13.4. The molecular weight excluding hydrogens is 361 g/mol. The first-order chi connectivity index (χ1) is 9.06. The Hall–Kier alpha value is -1.12. The summed E-state index contributed by atoms with van der Waals surface area (Å²) >= 11 is 2.35. The molecule has 1 rings (SSSR count). The Balaban J connectivity index is 2.39. The van der Waals surface area contributed by atoms with E-state index in [2.05, 4.69) is 27.9 Å². The fraction of sp³-hybridized carbons (Fsp3) is 0.583. The number of rotatable bonds is 8. The third-order valence-electron chi connectivity index (χ3n) is 2.78. The Kier molecular flexibility index (Phi) is 6.82. The maximum atomic E-state index is 11.8. The lowest BCUT2D eigenvalue weighted by Gasteiger charge is -2.05. The highest BCUT2D eigenvalue weighted by atomic mass is 127. The molecule has 0 aliphatic heterocycles. The Bertz CT molecular complexity index is 445. The van der Waals surface area contributed by atoms with Crippen LogP contribution in [0.15, 0.2) is 12.3 Å². The van der Waals surface area contributed by atoms with Crippen LogP contribution in [-0.2, 0) is 7.05 Å². The first-order valence-corrected chi connectivity index (χ1v) is 7.73. The highest BCUT2D eigenvalue weighted by Gasteiger charge is 2.16. The topological polar surface area (TPSA) is 77.2 Å². The number of carbonyl (C=O) groups is 1. The molecule has 1 aromatic heterocycles. The summed E-state index contributed by atoms with van der Waals surface area (Å²) in [6.45, 7) is 0.610. The van der Waals surface area contributed by atoms with Gasteiger partial charge in [-0.1, -0.05) is 35.4 Å². The Morgan fingerprint density at radius 3 is 2.68 bits per heavy atom. The van der Waals surface area contributed by atoms with E-state index in [0.29, 0.717) is 12.2 Å². The van der Waals surface area contributed by atoms with E-state index in [0.717, 1.165) is 17.3 Å². The Labute approximate surface area is 125 Å². The number of aryl methyl sites for hydroxylation is 1. The maximum absolute atomic E-state index is 11.8. The molecule has 19 heavy (non-hydrogen) atoms. The summed E-state index contributed by atoms with van der Waals surface area (Å²) in [6.07, 6.45) is 5.76. The van der Waals surface area contributed by atoms with Crippen LogP contribution in [0.3, 0.4) is 0 Å². The van der Waals surface area contributed by atoms with E-state index in [4.69, 9.17) is 0 Å². The minimum atomic E-state index is -0.499. The molecule has 1 heterocycles. The van der Waals surface area contributed by atoms with Crippen molar-refractivity contribution in [2.24, 2.45) is 7.05 Å². The predicted octanol–water partition coefficient (Wildman–Crippen LogP) is 2.66. The number of hydrogen-bond acceptors (Lipinski definition) is 3. The van der Waals surface area contributed by atoms with Gasteiger partial charge in [-0.3, -0.25) is 14.9 Å². The van der Waals surface area contributed by atoms with Crippen molar-refractivity contribution in [1.29, 1.82) is 0 Å². The second-order valence-electron chi connectivity index (χ2n) is 4.31. The molecule has 0 unspecified atom stereocenters. The summed E-state index contributed by atoms with van der Waals surface area (Å²) in [5.41, 5.74) is 0.258. The van der Waals surface area contributed by atoms with Gasteiger partial charge >= 0.3 is 0 Å². The SMILES string of the molecule is Cn1cc([N+](=O)[O-])cc1C(=O)NCCCCCCI. The molecular formula is C12H18IN3O3. The van der Waals surface area contributed by atoms with E-state index in [-0.39, 0.29) is 11.6 Å². The minimum absolute atomic E-state index is 0.0605. The van der Waals surface area contributed by atoms with Crippen LogP contribution in [0.25, 0.3) is 0 Å². The molecule has 1 amide bonds. The van der Waals surface area contributed by atoms with Gasteiger partial charge in [0.1, 0.15) is 5.69 Å². The number of unbranched alkanes of at least 4 members (excludes halogenated alkanes) is 3. The lowest BCUT2D eigenvalue weighted by Crippen LogP contribution is -2.26. The van der Waals surface area contributed by atoms with Gasteiger partial charge < -0.3 is 9.88 Å². The van der Waals surface area contributed by atoms with Gasteiger partial charge in [0.25, 0.3) is 11.6 Å². The molecule has 0 aromatic carbocycles. The number of halogens is 1. The van der Waals surface area contributed by atoms with Gasteiger partial charge in [0.2, 0.25) is 0 Å². The van der Waals surface area contributed by atoms with Gasteiger partial charge in [0.15, 0.2) is 0 Å². The lowest BCUT2D eigenvalue weighted by molar-refractivity contribution is -0.384. The first-order valence-electron chi connectivity index (χ1n) is 6.21. The lowest BCUT2D eigenvalue weighted by atomic mass is 10.2. The number of nitro groups is 1. The summed E-state index contributed by atoms with van der Waals surface area (Å²) in [5.74, 6) is -0.260. The van der Waals surface area contributed by atoms with E-state index in [1.165, 1.54) is 29.7 Å². The van der Waals surface area contributed by atoms with E-state index in [1.807, 2.05) is 0 Å².